The Morgan fingerprint density at radius 3 is 2.50 bits per heavy atom. The van der Waals surface area contributed by atoms with E-state index >= 15 is 0 Å². The highest BCUT2D eigenvalue weighted by Gasteiger charge is 2.27. The fraction of sp³-hybridized carbons (Fsp3) is 0.632. The summed E-state index contributed by atoms with van der Waals surface area (Å²) in [7, 11) is -1.32. The molecule has 6 nitrogen and oxygen atoms in total. The lowest BCUT2D eigenvalue weighted by Gasteiger charge is -2.32. The van der Waals surface area contributed by atoms with E-state index in [0.717, 1.165) is 25.3 Å². The van der Waals surface area contributed by atoms with Gasteiger partial charge in [-0.25, -0.2) is 12.7 Å². The second-order valence-corrected chi connectivity index (χ2v) is 10.4. The van der Waals surface area contributed by atoms with Gasteiger partial charge < -0.3 is 10.6 Å². The third kappa shape index (κ3) is 8.46. The molecule has 9 heteroatoms. The number of hydrogen-bond acceptors (Lipinski definition) is 4. The number of sulfonamides is 1. The van der Waals surface area contributed by atoms with Crippen molar-refractivity contribution in [3.63, 3.8) is 0 Å². The zero-order valence-electron chi connectivity index (χ0n) is 16.9. The van der Waals surface area contributed by atoms with Crippen molar-refractivity contribution in [2.24, 2.45) is 4.99 Å². The Bertz CT molecular complexity index is 693. The molecule has 2 N–H and O–H groups in total. The van der Waals surface area contributed by atoms with Crippen LogP contribution in [0.4, 0.5) is 0 Å². The highest BCUT2D eigenvalue weighted by Crippen LogP contribution is 2.22. The number of benzene rings is 1. The van der Waals surface area contributed by atoms with Crippen LogP contribution < -0.4 is 10.6 Å². The lowest BCUT2D eigenvalue weighted by Crippen LogP contribution is -2.50. The summed E-state index contributed by atoms with van der Waals surface area (Å²) in [4.78, 5) is 5.57. The lowest BCUT2D eigenvalue weighted by molar-refractivity contribution is 0.306. The standard InChI is InChI=1S/C19H32N4O2S2.HI/c1-4-14-27(24,25)23-12-10-17(11-13-23)22-19(20-3)21-15-16(2)26-18-8-6-5-7-9-18;/h5-9,16-17H,4,10-15H2,1-3H3,(H2,20,21,22);1H. The van der Waals surface area contributed by atoms with Gasteiger partial charge in [0, 0.05) is 42.9 Å². The van der Waals surface area contributed by atoms with Gasteiger partial charge in [-0.1, -0.05) is 32.0 Å². The molecule has 160 valence electrons. The summed E-state index contributed by atoms with van der Waals surface area (Å²) in [6.07, 6.45) is 2.27. The van der Waals surface area contributed by atoms with Gasteiger partial charge in [0.05, 0.1) is 5.75 Å². The van der Waals surface area contributed by atoms with E-state index in [1.807, 2.05) is 24.8 Å². The molecule has 28 heavy (non-hydrogen) atoms. The predicted octanol–water partition coefficient (Wildman–Crippen LogP) is 3.15. The molecule has 0 bridgehead atoms. The van der Waals surface area contributed by atoms with Gasteiger partial charge in [0.1, 0.15) is 0 Å². The molecule has 1 saturated heterocycles. The van der Waals surface area contributed by atoms with Crippen molar-refractivity contribution in [2.75, 3.05) is 32.4 Å². The molecule has 0 spiro atoms. The van der Waals surface area contributed by atoms with Crippen LogP contribution in [0.25, 0.3) is 0 Å². The van der Waals surface area contributed by atoms with Gasteiger partial charge in [-0.3, -0.25) is 4.99 Å². The summed E-state index contributed by atoms with van der Waals surface area (Å²) >= 11 is 1.83. The van der Waals surface area contributed by atoms with E-state index in [4.69, 9.17) is 0 Å². The largest absolute Gasteiger partial charge is 0.355 e. The third-order valence-corrected chi connectivity index (χ3v) is 7.70. The van der Waals surface area contributed by atoms with Gasteiger partial charge in [-0.2, -0.15) is 0 Å². The molecular formula is C19H33IN4O2S2. The van der Waals surface area contributed by atoms with Gasteiger partial charge >= 0.3 is 0 Å². The van der Waals surface area contributed by atoms with Crippen LogP contribution in [0.15, 0.2) is 40.2 Å². The Kier molecular flexibility index (Phi) is 11.8. The molecule has 0 radical (unpaired) electrons. The van der Waals surface area contributed by atoms with E-state index < -0.39 is 10.0 Å². The zero-order chi connectivity index (χ0) is 19.7. The molecule has 1 heterocycles. The molecule has 1 unspecified atom stereocenters. The minimum Gasteiger partial charge on any atom is -0.355 e. The fourth-order valence-corrected chi connectivity index (χ4v) is 5.55. The Morgan fingerprint density at radius 1 is 1.29 bits per heavy atom. The minimum absolute atomic E-state index is 0. The SMILES string of the molecule is CCCS(=O)(=O)N1CCC(NC(=NC)NCC(C)Sc2ccccc2)CC1.I. The molecule has 2 rings (SSSR count). The monoisotopic (exact) mass is 540 g/mol. The topological polar surface area (TPSA) is 73.8 Å². The number of thioether (sulfide) groups is 1. The van der Waals surface area contributed by atoms with E-state index in [2.05, 4.69) is 46.8 Å². The van der Waals surface area contributed by atoms with Crippen molar-refractivity contribution < 1.29 is 8.42 Å². The van der Waals surface area contributed by atoms with Crippen LogP contribution in [0.1, 0.15) is 33.1 Å². The summed E-state index contributed by atoms with van der Waals surface area (Å²) < 4.78 is 26.0. The molecule has 0 aliphatic carbocycles. The second kappa shape index (κ2) is 12.9. The summed E-state index contributed by atoms with van der Waals surface area (Å²) in [5, 5.41) is 7.23. The molecule has 0 saturated carbocycles. The predicted molar refractivity (Wildman–Crippen MR) is 130 cm³/mol. The molecule has 0 amide bonds. The zero-order valence-corrected chi connectivity index (χ0v) is 20.9. The first-order valence-electron chi connectivity index (χ1n) is 9.61. The Labute approximate surface area is 191 Å². The van der Waals surface area contributed by atoms with Crippen LogP contribution in [0, 0.1) is 0 Å². The highest BCUT2D eigenvalue weighted by molar-refractivity contribution is 14.0. The van der Waals surface area contributed by atoms with Crippen molar-refractivity contribution in [1.29, 1.82) is 0 Å². The first-order chi connectivity index (χ1) is 12.9. The van der Waals surface area contributed by atoms with E-state index in [1.54, 1.807) is 11.4 Å². The fourth-order valence-electron chi connectivity index (χ4n) is 3.07. The third-order valence-electron chi connectivity index (χ3n) is 4.51. The van der Waals surface area contributed by atoms with Crippen molar-refractivity contribution in [3.8, 4) is 0 Å². The van der Waals surface area contributed by atoms with Crippen molar-refractivity contribution in [1.82, 2.24) is 14.9 Å². The number of halogens is 1. The van der Waals surface area contributed by atoms with Crippen LogP contribution in [0.5, 0.6) is 0 Å². The lowest BCUT2D eigenvalue weighted by atomic mass is 10.1. The van der Waals surface area contributed by atoms with E-state index in [9.17, 15) is 8.42 Å². The normalized spacial score (nSPS) is 17.6. The Hall–Kier alpha value is -0.520. The maximum atomic E-state index is 12.2. The molecule has 1 fully saturated rings. The van der Waals surface area contributed by atoms with E-state index in [0.29, 0.717) is 24.8 Å². The van der Waals surface area contributed by atoms with Gasteiger partial charge in [0.2, 0.25) is 10.0 Å². The van der Waals surface area contributed by atoms with Crippen molar-refractivity contribution in [2.45, 2.75) is 49.3 Å². The van der Waals surface area contributed by atoms with Gasteiger partial charge in [-0.05, 0) is 31.4 Å². The molecule has 1 aromatic rings. The quantitative estimate of drug-likeness (QED) is 0.230. The Morgan fingerprint density at radius 2 is 1.93 bits per heavy atom. The maximum Gasteiger partial charge on any atom is 0.214 e. The van der Waals surface area contributed by atoms with Crippen LogP contribution in [0.3, 0.4) is 0 Å². The van der Waals surface area contributed by atoms with Crippen LogP contribution >= 0.6 is 35.7 Å². The summed E-state index contributed by atoms with van der Waals surface area (Å²) in [5.74, 6) is 1.02. The number of hydrogen-bond donors (Lipinski definition) is 2. The van der Waals surface area contributed by atoms with Gasteiger partial charge in [0.25, 0.3) is 0 Å². The number of rotatable bonds is 8. The molecular weight excluding hydrogens is 507 g/mol. The van der Waals surface area contributed by atoms with E-state index in [-0.39, 0.29) is 35.8 Å². The van der Waals surface area contributed by atoms with Crippen molar-refractivity contribution >= 4 is 51.7 Å². The summed E-state index contributed by atoms with van der Waals surface area (Å²) in [6.45, 7) is 6.06. The molecule has 1 aliphatic rings. The number of aliphatic imine (C=N–C) groups is 1. The van der Waals surface area contributed by atoms with Gasteiger partial charge in [0.15, 0.2) is 5.96 Å². The van der Waals surface area contributed by atoms with Gasteiger partial charge in [-0.15, -0.1) is 35.7 Å². The van der Waals surface area contributed by atoms with Crippen LogP contribution in [0.2, 0.25) is 0 Å². The molecule has 1 aromatic carbocycles. The first kappa shape index (κ1) is 25.5. The Balaban J connectivity index is 0.00000392. The number of nitrogens with one attached hydrogen (secondary N) is 2. The summed E-state index contributed by atoms with van der Waals surface area (Å²) in [5.41, 5.74) is 0. The highest BCUT2D eigenvalue weighted by atomic mass is 127. The first-order valence-corrected chi connectivity index (χ1v) is 12.1. The van der Waals surface area contributed by atoms with E-state index in [1.165, 1.54) is 4.90 Å². The number of nitrogens with zero attached hydrogens (tertiary/aromatic N) is 2. The minimum atomic E-state index is -3.09. The smallest absolute Gasteiger partial charge is 0.214 e. The number of piperidine rings is 1. The maximum absolute atomic E-state index is 12.2. The van der Waals surface area contributed by atoms with Crippen LogP contribution in [-0.4, -0.2) is 62.4 Å². The average molecular weight is 541 g/mol. The molecule has 1 atom stereocenters. The van der Waals surface area contributed by atoms with Crippen LogP contribution in [-0.2, 0) is 10.0 Å². The number of guanidine groups is 1. The van der Waals surface area contributed by atoms with Crippen molar-refractivity contribution in [3.05, 3.63) is 30.3 Å². The molecule has 1 aliphatic heterocycles. The summed E-state index contributed by atoms with van der Waals surface area (Å²) in [6, 6.07) is 10.6. The molecule has 0 aromatic heterocycles. The second-order valence-electron chi connectivity index (χ2n) is 6.83. The average Bonchev–Trinajstić information content (AvgIpc) is 2.66.